The van der Waals surface area contributed by atoms with Crippen molar-refractivity contribution in [1.82, 2.24) is 9.88 Å². The van der Waals surface area contributed by atoms with Gasteiger partial charge >= 0.3 is 0 Å². The molecule has 0 saturated carbocycles. The molecule has 0 atom stereocenters. The molecule has 0 aliphatic carbocycles. The summed E-state index contributed by atoms with van der Waals surface area (Å²) in [6, 6.07) is 2.01. The van der Waals surface area contributed by atoms with Crippen LogP contribution in [0.15, 0.2) is 6.07 Å². The number of morpholine rings is 1. The molecule has 0 amide bonds. The molecule has 116 valence electrons. The standard InChI is InChI=1S/C15H24N4OS/c1-11-10-12(2)18-15(13(11)14(16)21)17-4-3-5-19-6-8-20-9-7-19/h10H,3-9H2,1-2H3,(H2,16,21)(H,17,18). The second-order valence-electron chi connectivity index (χ2n) is 5.40. The van der Waals surface area contributed by atoms with E-state index in [1.54, 1.807) is 0 Å². The van der Waals surface area contributed by atoms with Crippen LogP contribution < -0.4 is 11.1 Å². The van der Waals surface area contributed by atoms with Gasteiger partial charge in [-0.1, -0.05) is 12.2 Å². The van der Waals surface area contributed by atoms with Gasteiger partial charge in [-0.05, 0) is 38.4 Å². The molecule has 2 heterocycles. The van der Waals surface area contributed by atoms with E-state index in [0.717, 1.165) is 68.5 Å². The largest absolute Gasteiger partial charge is 0.389 e. The van der Waals surface area contributed by atoms with Crippen LogP contribution >= 0.6 is 12.2 Å². The molecule has 1 aliphatic rings. The van der Waals surface area contributed by atoms with Crippen molar-refractivity contribution in [3.8, 4) is 0 Å². The number of hydrogen-bond acceptors (Lipinski definition) is 5. The smallest absolute Gasteiger partial charge is 0.136 e. The van der Waals surface area contributed by atoms with Crippen LogP contribution in [0.3, 0.4) is 0 Å². The minimum absolute atomic E-state index is 0.399. The van der Waals surface area contributed by atoms with Crippen molar-refractivity contribution in [2.45, 2.75) is 20.3 Å². The maximum absolute atomic E-state index is 5.82. The van der Waals surface area contributed by atoms with Crippen molar-refractivity contribution in [2.24, 2.45) is 5.73 Å². The molecule has 0 aromatic carbocycles. The second kappa shape index (κ2) is 7.68. The Morgan fingerprint density at radius 1 is 1.43 bits per heavy atom. The highest BCUT2D eigenvalue weighted by Gasteiger charge is 2.12. The Kier molecular flexibility index (Phi) is 5.90. The number of aromatic nitrogens is 1. The molecule has 1 aromatic rings. The number of nitrogens with two attached hydrogens (primary N) is 1. The number of nitrogens with zero attached hydrogens (tertiary/aromatic N) is 2. The van der Waals surface area contributed by atoms with Gasteiger partial charge in [0.25, 0.3) is 0 Å². The van der Waals surface area contributed by atoms with Crippen LogP contribution in [-0.4, -0.2) is 54.3 Å². The van der Waals surface area contributed by atoms with E-state index in [2.05, 4.69) is 15.2 Å². The molecular formula is C15H24N4OS. The first-order valence-corrected chi connectivity index (χ1v) is 7.81. The Morgan fingerprint density at radius 3 is 2.81 bits per heavy atom. The first-order chi connectivity index (χ1) is 10.1. The predicted molar refractivity (Wildman–Crippen MR) is 90.0 cm³/mol. The molecule has 21 heavy (non-hydrogen) atoms. The number of thiocarbonyl (C=S) groups is 1. The van der Waals surface area contributed by atoms with E-state index in [0.29, 0.717) is 4.99 Å². The van der Waals surface area contributed by atoms with Crippen LogP contribution in [-0.2, 0) is 4.74 Å². The lowest BCUT2D eigenvalue weighted by molar-refractivity contribution is 0.0378. The number of aryl methyl sites for hydroxylation is 2. The van der Waals surface area contributed by atoms with Gasteiger partial charge in [-0.2, -0.15) is 0 Å². The van der Waals surface area contributed by atoms with Crippen molar-refractivity contribution >= 4 is 23.0 Å². The van der Waals surface area contributed by atoms with Gasteiger partial charge in [0.2, 0.25) is 0 Å². The molecule has 2 rings (SSSR count). The van der Waals surface area contributed by atoms with E-state index in [-0.39, 0.29) is 0 Å². The molecule has 0 unspecified atom stereocenters. The molecule has 0 spiro atoms. The molecule has 1 aromatic heterocycles. The van der Waals surface area contributed by atoms with Gasteiger partial charge in [0.15, 0.2) is 0 Å². The van der Waals surface area contributed by atoms with E-state index in [9.17, 15) is 0 Å². The molecule has 0 bridgehead atoms. The lowest BCUT2D eigenvalue weighted by atomic mass is 10.1. The summed E-state index contributed by atoms with van der Waals surface area (Å²) in [5.41, 5.74) is 8.73. The third-order valence-corrected chi connectivity index (χ3v) is 3.84. The van der Waals surface area contributed by atoms with Gasteiger partial charge < -0.3 is 15.8 Å². The van der Waals surface area contributed by atoms with E-state index in [4.69, 9.17) is 22.7 Å². The van der Waals surface area contributed by atoms with Gasteiger partial charge in [0.1, 0.15) is 10.8 Å². The van der Waals surface area contributed by atoms with E-state index in [1.807, 2.05) is 19.9 Å². The summed E-state index contributed by atoms with van der Waals surface area (Å²) in [6.07, 6.45) is 1.06. The summed E-state index contributed by atoms with van der Waals surface area (Å²) >= 11 is 5.14. The number of anilines is 1. The Balaban J connectivity index is 1.88. The highest BCUT2D eigenvalue weighted by atomic mass is 32.1. The maximum Gasteiger partial charge on any atom is 0.136 e. The summed E-state index contributed by atoms with van der Waals surface area (Å²) in [6.45, 7) is 9.68. The monoisotopic (exact) mass is 308 g/mol. The summed E-state index contributed by atoms with van der Waals surface area (Å²) in [4.78, 5) is 7.35. The van der Waals surface area contributed by atoms with Crippen LogP contribution in [0.2, 0.25) is 0 Å². The fourth-order valence-corrected chi connectivity index (χ4v) is 2.87. The Labute approximate surface area is 131 Å². The first kappa shape index (κ1) is 16.1. The van der Waals surface area contributed by atoms with Crippen LogP contribution in [0.5, 0.6) is 0 Å². The van der Waals surface area contributed by atoms with Crippen molar-refractivity contribution in [3.05, 3.63) is 22.9 Å². The van der Waals surface area contributed by atoms with Crippen LogP contribution in [0, 0.1) is 13.8 Å². The third kappa shape index (κ3) is 4.62. The molecule has 1 aliphatic heterocycles. The van der Waals surface area contributed by atoms with Crippen molar-refractivity contribution in [3.63, 3.8) is 0 Å². The minimum atomic E-state index is 0.399. The SMILES string of the molecule is Cc1cc(C)c(C(N)=S)c(NCCCN2CCOCC2)n1. The van der Waals surface area contributed by atoms with Crippen molar-refractivity contribution in [1.29, 1.82) is 0 Å². The fraction of sp³-hybridized carbons (Fsp3) is 0.600. The Hall–Kier alpha value is -1.24. The number of ether oxygens (including phenoxy) is 1. The Morgan fingerprint density at radius 2 is 2.14 bits per heavy atom. The average Bonchev–Trinajstić information content (AvgIpc) is 2.43. The zero-order chi connectivity index (χ0) is 15.2. The van der Waals surface area contributed by atoms with E-state index >= 15 is 0 Å². The first-order valence-electron chi connectivity index (χ1n) is 7.40. The van der Waals surface area contributed by atoms with Gasteiger partial charge in [0, 0.05) is 25.3 Å². The van der Waals surface area contributed by atoms with Gasteiger partial charge in [-0.15, -0.1) is 0 Å². The molecule has 3 N–H and O–H groups in total. The fourth-order valence-electron chi connectivity index (χ4n) is 2.61. The van der Waals surface area contributed by atoms with Crippen LogP contribution in [0.4, 0.5) is 5.82 Å². The minimum Gasteiger partial charge on any atom is -0.389 e. The molecular weight excluding hydrogens is 284 g/mol. The molecule has 0 radical (unpaired) electrons. The van der Waals surface area contributed by atoms with Crippen molar-refractivity contribution in [2.75, 3.05) is 44.7 Å². The van der Waals surface area contributed by atoms with E-state index < -0.39 is 0 Å². The van der Waals surface area contributed by atoms with Gasteiger partial charge in [0.05, 0.1) is 18.8 Å². The summed E-state index contributed by atoms with van der Waals surface area (Å²) < 4.78 is 5.35. The molecule has 6 heteroatoms. The highest BCUT2D eigenvalue weighted by Crippen LogP contribution is 2.18. The second-order valence-corrected chi connectivity index (χ2v) is 5.84. The summed E-state index contributed by atoms with van der Waals surface area (Å²) in [5, 5.41) is 3.38. The zero-order valence-electron chi connectivity index (χ0n) is 12.8. The molecule has 1 fully saturated rings. The number of nitrogens with one attached hydrogen (secondary N) is 1. The maximum atomic E-state index is 5.82. The summed E-state index contributed by atoms with van der Waals surface area (Å²) in [5.74, 6) is 0.807. The summed E-state index contributed by atoms with van der Waals surface area (Å²) in [7, 11) is 0. The quantitative estimate of drug-likeness (QED) is 0.613. The lowest BCUT2D eigenvalue weighted by Gasteiger charge is -2.26. The van der Waals surface area contributed by atoms with E-state index in [1.165, 1.54) is 0 Å². The number of pyridine rings is 1. The predicted octanol–water partition coefficient (Wildman–Crippen LogP) is 1.47. The number of rotatable bonds is 6. The highest BCUT2D eigenvalue weighted by molar-refractivity contribution is 7.80. The molecule has 1 saturated heterocycles. The van der Waals surface area contributed by atoms with Crippen LogP contribution in [0.1, 0.15) is 23.2 Å². The third-order valence-electron chi connectivity index (χ3n) is 3.64. The average molecular weight is 308 g/mol. The van der Waals surface area contributed by atoms with Gasteiger partial charge in [-0.3, -0.25) is 4.90 Å². The van der Waals surface area contributed by atoms with Gasteiger partial charge in [-0.25, -0.2) is 4.98 Å². The topological polar surface area (TPSA) is 63.4 Å². The molecule has 5 nitrogen and oxygen atoms in total. The lowest BCUT2D eigenvalue weighted by Crippen LogP contribution is -2.37. The normalized spacial score (nSPS) is 15.9. The van der Waals surface area contributed by atoms with Crippen LogP contribution in [0.25, 0.3) is 0 Å². The van der Waals surface area contributed by atoms with Crippen molar-refractivity contribution < 1.29 is 4.74 Å². The number of hydrogen-bond donors (Lipinski definition) is 2. The Bertz CT molecular complexity index is 501. The zero-order valence-corrected chi connectivity index (χ0v) is 13.6.